The van der Waals surface area contributed by atoms with Crippen LogP contribution in [-0.2, 0) is 4.79 Å². The molecule has 0 radical (unpaired) electrons. The highest BCUT2D eigenvalue weighted by atomic mass is 35.5. The minimum absolute atomic E-state index is 0.111. The zero-order chi connectivity index (χ0) is 19.6. The van der Waals surface area contributed by atoms with Gasteiger partial charge in [0.15, 0.2) is 5.13 Å². The van der Waals surface area contributed by atoms with Crippen LogP contribution in [-0.4, -0.2) is 22.7 Å². The van der Waals surface area contributed by atoms with E-state index < -0.39 is 11.9 Å². The largest absolute Gasteiger partial charge is 0.382 e. The summed E-state index contributed by atoms with van der Waals surface area (Å²) < 4.78 is 0. The second kappa shape index (κ2) is 7.77. The number of hydrogen-bond acceptors (Lipinski definition) is 6. The Balaban J connectivity index is 2.04. The number of amides is 1. The maximum atomic E-state index is 12.8. The Hall–Kier alpha value is -2.90. The summed E-state index contributed by atoms with van der Waals surface area (Å²) in [5.41, 5.74) is 12.7. The van der Waals surface area contributed by atoms with Crippen molar-refractivity contribution in [2.75, 3.05) is 10.6 Å². The molecule has 1 heterocycles. The van der Waals surface area contributed by atoms with Crippen molar-refractivity contribution in [3.8, 4) is 0 Å². The van der Waals surface area contributed by atoms with Gasteiger partial charge in [0, 0.05) is 16.3 Å². The number of hydrogen-bond donors (Lipinski definition) is 2. The van der Waals surface area contributed by atoms with Crippen molar-refractivity contribution < 1.29 is 9.59 Å². The normalized spacial score (nSPS) is 11.8. The number of thiazole rings is 1. The lowest BCUT2D eigenvalue weighted by Gasteiger charge is -2.26. The first-order chi connectivity index (χ1) is 12.9. The minimum atomic E-state index is -0.698. The van der Waals surface area contributed by atoms with Crippen LogP contribution in [0.5, 0.6) is 0 Å². The van der Waals surface area contributed by atoms with Gasteiger partial charge in [-0.3, -0.25) is 9.59 Å². The molecule has 0 fully saturated rings. The third-order valence-electron chi connectivity index (χ3n) is 3.99. The van der Waals surface area contributed by atoms with Crippen LogP contribution >= 0.6 is 22.9 Å². The van der Waals surface area contributed by atoms with Gasteiger partial charge >= 0.3 is 0 Å². The Kier molecular flexibility index (Phi) is 5.43. The average molecular weight is 401 g/mol. The number of anilines is 3. The number of benzene rings is 2. The van der Waals surface area contributed by atoms with Crippen LogP contribution in [0.3, 0.4) is 0 Å². The van der Waals surface area contributed by atoms with E-state index in [4.69, 9.17) is 23.1 Å². The smallest absolute Gasteiger partial charge is 0.240 e. The summed E-state index contributed by atoms with van der Waals surface area (Å²) in [5.74, 6) is -0.645. The maximum absolute atomic E-state index is 12.8. The van der Waals surface area contributed by atoms with E-state index in [0.717, 1.165) is 11.3 Å². The molecule has 3 rings (SSSR count). The van der Waals surface area contributed by atoms with Crippen molar-refractivity contribution in [1.29, 1.82) is 0 Å². The van der Waals surface area contributed by atoms with Crippen molar-refractivity contribution in [2.24, 2.45) is 5.73 Å². The number of primary amides is 1. The van der Waals surface area contributed by atoms with E-state index in [2.05, 4.69) is 4.98 Å². The highest BCUT2D eigenvalue weighted by Crippen LogP contribution is 2.36. The fourth-order valence-electron chi connectivity index (χ4n) is 2.54. The van der Waals surface area contributed by atoms with Crippen LogP contribution < -0.4 is 16.4 Å². The molecule has 6 nitrogen and oxygen atoms in total. The highest BCUT2D eigenvalue weighted by Gasteiger charge is 2.27. The molecule has 0 aliphatic carbocycles. The minimum Gasteiger partial charge on any atom is -0.382 e. The van der Waals surface area contributed by atoms with E-state index in [-0.39, 0.29) is 11.6 Å². The Morgan fingerprint density at radius 3 is 2.33 bits per heavy atom. The average Bonchev–Trinajstić information content (AvgIpc) is 3.04. The number of carbonyl (C=O) groups is 2. The number of nitrogens with zero attached hydrogens (tertiary/aromatic N) is 2. The van der Waals surface area contributed by atoms with Crippen LogP contribution in [0, 0.1) is 0 Å². The summed E-state index contributed by atoms with van der Waals surface area (Å²) >= 11 is 7.07. The third-order valence-corrected chi connectivity index (χ3v) is 5.32. The molecular formula is C19H17ClN4O2S. The number of nitrogens with two attached hydrogens (primary N) is 2. The van der Waals surface area contributed by atoms with Gasteiger partial charge in [0.05, 0.1) is 0 Å². The molecule has 0 aliphatic heterocycles. The van der Waals surface area contributed by atoms with Gasteiger partial charge < -0.3 is 16.4 Å². The summed E-state index contributed by atoms with van der Waals surface area (Å²) in [4.78, 5) is 30.9. The van der Waals surface area contributed by atoms with E-state index in [9.17, 15) is 9.59 Å². The Morgan fingerprint density at radius 1 is 1.11 bits per heavy atom. The first kappa shape index (κ1) is 18.9. The predicted octanol–water partition coefficient (Wildman–Crippen LogP) is 3.62. The number of nitrogen functional groups attached to an aromatic ring is 1. The maximum Gasteiger partial charge on any atom is 0.240 e. The predicted molar refractivity (Wildman–Crippen MR) is 109 cm³/mol. The monoisotopic (exact) mass is 400 g/mol. The Labute approximate surface area is 165 Å². The van der Waals surface area contributed by atoms with E-state index in [1.54, 1.807) is 60.4 Å². The van der Waals surface area contributed by atoms with Crippen LogP contribution in [0.4, 0.5) is 16.6 Å². The zero-order valence-corrected chi connectivity index (χ0v) is 16.0. The molecule has 2 aromatic carbocycles. The zero-order valence-electron chi connectivity index (χ0n) is 14.4. The van der Waals surface area contributed by atoms with Gasteiger partial charge in [0.25, 0.3) is 0 Å². The van der Waals surface area contributed by atoms with Gasteiger partial charge in [0.1, 0.15) is 16.7 Å². The molecule has 1 amide bonds. The van der Waals surface area contributed by atoms with E-state index in [1.807, 2.05) is 6.07 Å². The van der Waals surface area contributed by atoms with Crippen LogP contribution in [0.15, 0.2) is 54.6 Å². The van der Waals surface area contributed by atoms with Crippen LogP contribution in [0.2, 0.25) is 5.02 Å². The lowest BCUT2D eigenvalue weighted by molar-refractivity contribution is -0.118. The molecule has 0 spiro atoms. The summed E-state index contributed by atoms with van der Waals surface area (Å²) in [5, 5.41) is 0.962. The van der Waals surface area contributed by atoms with E-state index in [1.165, 1.54) is 0 Å². The SMILES string of the molecule is C[C@H](C(N)=O)N(c1ccc(Cl)cc1)c1nc(N)c(C(=O)c2ccccc2)s1. The topological polar surface area (TPSA) is 102 Å². The van der Waals surface area contributed by atoms with Crippen molar-refractivity contribution in [3.63, 3.8) is 0 Å². The summed E-state index contributed by atoms with van der Waals surface area (Å²) in [6.07, 6.45) is 0. The fraction of sp³-hybridized carbons (Fsp3) is 0.105. The second-order valence-corrected chi connectivity index (χ2v) is 7.24. The fourth-order valence-corrected chi connectivity index (χ4v) is 3.71. The third kappa shape index (κ3) is 3.94. The second-order valence-electron chi connectivity index (χ2n) is 5.83. The van der Waals surface area contributed by atoms with Gasteiger partial charge in [-0.1, -0.05) is 53.3 Å². The molecule has 0 bridgehead atoms. The number of aromatic nitrogens is 1. The Morgan fingerprint density at radius 2 is 1.74 bits per heavy atom. The summed E-state index contributed by atoms with van der Waals surface area (Å²) in [7, 11) is 0. The van der Waals surface area contributed by atoms with Crippen molar-refractivity contribution in [1.82, 2.24) is 4.98 Å². The Bertz CT molecular complexity index is 973. The van der Waals surface area contributed by atoms with Crippen molar-refractivity contribution >= 4 is 51.3 Å². The van der Waals surface area contributed by atoms with E-state index in [0.29, 0.717) is 26.3 Å². The number of halogens is 1. The lowest BCUT2D eigenvalue weighted by atomic mass is 10.1. The van der Waals surface area contributed by atoms with Crippen molar-refractivity contribution in [3.05, 3.63) is 70.1 Å². The van der Waals surface area contributed by atoms with Gasteiger partial charge in [-0.2, -0.15) is 0 Å². The molecule has 0 unspecified atom stereocenters. The highest BCUT2D eigenvalue weighted by molar-refractivity contribution is 7.18. The molecule has 8 heteroatoms. The summed E-state index contributed by atoms with van der Waals surface area (Å²) in [6, 6.07) is 15.0. The molecule has 3 aromatic rings. The first-order valence-corrected chi connectivity index (χ1v) is 9.28. The summed E-state index contributed by atoms with van der Waals surface area (Å²) in [6.45, 7) is 1.66. The molecule has 0 aliphatic rings. The molecule has 27 heavy (non-hydrogen) atoms. The van der Waals surface area contributed by atoms with Crippen LogP contribution in [0.1, 0.15) is 22.2 Å². The number of carbonyl (C=O) groups excluding carboxylic acids is 2. The standard InChI is InChI=1S/C19H17ClN4O2S/c1-11(18(22)26)24(14-9-7-13(20)8-10-14)19-23-17(21)16(27-19)15(25)12-5-3-2-4-6-12/h2-11H,21H2,1H3,(H2,22,26)/t11-/m1/s1. The first-order valence-electron chi connectivity index (χ1n) is 8.08. The number of ketones is 1. The quantitative estimate of drug-likeness (QED) is 0.615. The van der Waals surface area contributed by atoms with Gasteiger partial charge in [-0.05, 0) is 31.2 Å². The molecule has 0 saturated carbocycles. The van der Waals surface area contributed by atoms with Gasteiger partial charge in [-0.25, -0.2) is 4.98 Å². The van der Waals surface area contributed by atoms with Crippen LogP contribution in [0.25, 0.3) is 0 Å². The van der Waals surface area contributed by atoms with E-state index >= 15 is 0 Å². The molecule has 1 aromatic heterocycles. The number of rotatable bonds is 6. The molecule has 0 saturated heterocycles. The van der Waals surface area contributed by atoms with Gasteiger partial charge in [-0.15, -0.1) is 0 Å². The van der Waals surface area contributed by atoms with Crippen molar-refractivity contribution in [2.45, 2.75) is 13.0 Å². The lowest BCUT2D eigenvalue weighted by Crippen LogP contribution is -2.39. The molecule has 138 valence electrons. The van der Waals surface area contributed by atoms with Gasteiger partial charge in [0.2, 0.25) is 11.7 Å². The molecule has 4 N–H and O–H groups in total. The molecule has 1 atom stereocenters. The molecular weight excluding hydrogens is 384 g/mol.